The van der Waals surface area contributed by atoms with Gasteiger partial charge in [-0.3, -0.25) is 4.79 Å². The largest absolute Gasteiger partial charge is 0.481 e. The molecule has 0 bridgehead atoms. The van der Waals surface area contributed by atoms with E-state index in [2.05, 4.69) is 13.0 Å². The maximum Gasteiger partial charge on any atom is 0.303 e. The zero-order valence-electron chi connectivity index (χ0n) is 14.6. The minimum atomic E-state index is -0.727. The average Bonchev–Trinajstić information content (AvgIpc) is 2.50. The van der Waals surface area contributed by atoms with Crippen molar-refractivity contribution >= 4 is 5.97 Å². The first-order chi connectivity index (χ1) is 10.8. The van der Waals surface area contributed by atoms with E-state index in [1.54, 1.807) is 0 Å². The van der Waals surface area contributed by atoms with Gasteiger partial charge in [0, 0.05) is 6.42 Å². The molecule has 0 aromatic carbocycles. The van der Waals surface area contributed by atoms with Gasteiger partial charge in [-0.15, -0.1) is 0 Å². The van der Waals surface area contributed by atoms with Crippen molar-refractivity contribution in [1.29, 1.82) is 0 Å². The zero-order valence-corrected chi connectivity index (χ0v) is 14.6. The Morgan fingerprint density at radius 2 is 1.18 bits per heavy atom. The van der Waals surface area contributed by atoms with Crippen LogP contribution in [0.25, 0.3) is 0 Å². The van der Waals surface area contributed by atoms with Gasteiger partial charge in [-0.05, 0) is 19.3 Å². The summed E-state index contributed by atoms with van der Waals surface area (Å²) in [5.74, 6) is -0.727. The van der Waals surface area contributed by atoms with Crippen LogP contribution in [0.4, 0.5) is 0 Å². The molecule has 0 unspecified atom stereocenters. The van der Waals surface area contributed by atoms with Gasteiger partial charge in [-0.2, -0.15) is 0 Å². The molecule has 0 spiro atoms. The van der Waals surface area contributed by atoms with Gasteiger partial charge in [0.25, 0.3) is 0 Å². The first-order valence-electron chi connectivity index (χ1n) is 9.30. The lowest BCUT2D eigenvalue weighted by molar-refractivity contribution is -0.136. The molecule has 2 nitrogen and oxygen atoms in total. The van der Waals surface area contributed by atoms with Crippen molar-refractivity contribution in [3.05, 3.63) is 24.3 Å². The maximum atomic E-state index is 10.3. The van der Waals surface area contributed by atoms with Crippen molar-refractivity contribution in [2.45, 2.75) is 96.8 Å². The minimum absolute atomic E-state index is 0.225. The summed E-state index contributed by atoms with van der Waals surface area (Å²) in [6, 6.07) is 0. The van der Waals surface area contributed by atoms with Crippen LogP contribution in [0.15, 0.2) is 24.3 Å². The second-order valence-corrected chi connectivity index (χ2v) is 6.11. The van der Waals surface area contributed by atoms with E-state index >= 15 is 0 Å². The predicted molar refractivity (Wildman–Crippen MR) is 96.2 cm³/mol. The minimum Gasteiger partial charge on any atom is -0.481 e. The van der Waals surface area contributed by atoms with Crippen LogP contribution in [0.1, 0.15) is 96.8 Å². The Morgan fingerprint density at radius 3 is 1.68 bits per heavy atom. The standard InChI is InChI=1S/C20H36O2/c1-2-3-4-5-6-7-8-9-10-11-12-13-14-15-16-17-18-19-20(21)22/h14-17H,2-13,18-19H2,1H3,(H,21,22)/b15-14+,17-16+. The van der Waals surface area contributed by atoms with Crippen LogP contribution < -0.4 is 0 Å². The summed E-state index contributed by atoms with van der Waals surface area (Å²) in [5, 5.41) is 8.49. The molecule has 0 aliphatic heterocycles. The lowest BCUT2D eigenvalue weighted by Crippen LogP contribution is -1.91. The first-order valence-corrected chi connectivity index (χ1v) is 9.30. The van der Waals surface area contributed by atoms with Gasteiger partial charge in [0.2, 0.25) is 0 Å². The topological polar surface area (TPSA) is 37.3 Å². The number of hydrogen-bond donors (Lipinski definition) is 1. The molecule has 0 aliphatic rings. The van der Waals surface area contributed by atoms with Crippen LogP contribution in [0.3, 0.4) is 0 Å². The van der Waals surface area contributed by atoms with Crippen LogP contribution >= 0.6 is 0 Å². The van der Waals surface area contributed by atoms with Crippen molar-refractivity contribution < 1.29 is 9.90 Å². The van der Waals surface area contributed by atoms with Crippen molar-refractivity contribution in [3.8, 4) is 0 Å². The van der Waals surface area contributed by atoms with Gasteiger partial charge >= 0.3 is 5.97 Å². The zero-order chi connectivity index (χ0) is 16.3. The molecule has 0 atom stereocenters. The summed E-state index contributed by atoms with van der Waals surface area (Å²) in [4.78, 5) is 10.3. The summed E-state index contributed by atoms with van der Waals surface area (Å²) < 4.78 is 0. The number of carbonyl (C=O) groups is 1. The van der Waals surface area contributed by atoms with E-state index < -0.39 is 5.97 Å². The highest BCUT2D eigenvalue weighted by molar-refractivity contribution is 5.66. The van der Waals surface area contributed by atoms with E-state index in [1.165, 1.54) is 70.6 Å². The van der Waals surface area contributed by atoms with E-state index in [0.717, 1.165) is 6.42 Å². The monoisotopic (exact) mass is 308 g/mol. The Labute approximate surface area is 137 Å². The van der Waals surface area contributed by atoms with E-state index in [4.69, 9.17) is 5.11 Å². The molecule has 0 aromatic rings. The van der Waals surface area contributed by atoms with Crippen molar-refractivity contribution in [3.63, 3.8) is 0 Å². The fraction of sp³-hybridized carbons (Fsp3) is 0.750. The summed E-state index contributed by atoms with van der Waals surface area (Å²) in [7, 11) is 0. The molecule has 0 saturated carbocycles. The fourth-order valence-corrected chi connectivity index (χ4v) is 2.48. The van der Waals surface area contributed by atoms with Crippen molar-refractivity contribution in [2.24, 2.45) is 0 Å². The number of allylic oxidation sites excluding steroid dienone is 4. The summed E-state index contributed by atoms with van der Waals surface area (Å²) in [6.07, 6.45) is 25.3. The highest BCUT2D eigenvalue weighted by Crippen LogP contribution is 2.11. The van der Waals surface area contributed by atoms with E-state index in [9.17, 15) is 4.79 Å². The third-order valence-electron chi connectivity index (χ3n) is 3.88. The molecule has 0 amide bonds. The van der Waals surface area contributed by atoms with Crippen LogP contribution in [-0.2, 0) is 4.79 Å². The average molecular weight is 309 g/mol. The normalized spacial score (nSPS) is 11.7. The SMILES string of the molecule is CCCCCCCCCCCCC/C=C/C=C/CCC(=O)O. The lowest BCUT2D eigenvalue weighted by Gasteiger charge is -2.01. The molecule has 22 heavy (non-hydrogen) atoms. The van der Waals surface area contributed by atoms with Gasteiger partial charge < -0.3 is 5.11 Å². The number of unbranched alkanes of at least 4 members (excludes halogenated alkanes) is 11. The number of carboxylic acids is 1. The predicted octanol–water partition coefficient (Wildman–Crippen LogP) is 6.66. The molecular formula is C20H36O2. The molecule has 0 saturated heterocycles. The quantitative estimate of drug-likeness (QED) is 0.255. The second kappa shape index (κ2) is 18.0. The molecular weight excluding hydrogens is 272 g/mol. The number of carboxylic acid groups (broad SMARTS) is 1. The van der Waals surface area contributed by atoms with Gasteiger partial charge in [-0.25, -0.2) is 0 Å². The Kier molecular flexibility index (Phi) is 17.1. The molecule has 128 valence electrons. The highest BCUT2D eigenvalue weighted by atomic mass is 16.4. The molecule has 0 radical (unpaired) electrons. The first kappa shape index (κ1) is 20.9. The summed E-state index contributed by atoms with van der Waals surface area (Å²) >= 11 is 0. The smallest absolute Gasteiger partial charge is 0.303 e. The molecule has 0 heterocycles. The van der Waals surface area contributed by atoms with Crippen LogP contribution in [-0.4, -0.2) is 11.1 Å². The van der Waals surface area contributed by atoms with Crippen LogP contribution in [0, 0.1) is 0 Å². The van der Waals surface area contributed by atoms with E-state index in [-0.39, 0.29) is 6.42 Å². The molecule has 0 rings (SSSR count). The Hall–Kier alpha value is -1.05. The number of rotatable bonds is 16. The highest BCUT2D eigenvalue weighted by Gasteiger charge is 1.92. The third-order valence-corrected chi connectivity index (χ3v) is 3.88. The van der Waals surface area contributed by atoms with Gasteiger partial charge in [-0.1, -0.05) is 95.4 Å². The van der Waals surface area contributed by atoms with E-state index in [1.807, 2.05) is 18.2 Å². The molecule has 0 aliphatic carbocycles. The van der Waals surface area contributed by atoms with Gasteiger partial charge in [0.15, 0.2) is 0 Å². The number of hydrogen-bond acceptors (Lipinski definition) is 1. The lowest BCUT2D eigenvalue weighted by atomic mass is 10.1. The van der Waals surface area contributed by atoms with Crippen molar-refractivity contribution in [1.82, 2.24) is 0 Å². The molecule has 0 fully saturated rings. The molecule has 1 N–H and O–H groups in total. The van der Waals surface area contributed by atoms with Crippen LogP contribution in [0.2, 0.25) is 0 Å². The van der Waals surface area contributed by atoms with E-state index in [0.29, 0.717) is 6.42 Å². The Bertz CT molecular complexity index is 292. The summed E-state index contributed by atoms with van der Waals surface area (Å²) in [5.41, 5.74) is 0. The third kappa shape index (κ3) is 18.9. The number of aliphatic carboxylic acids is 1. The van der Waals surface area contributed by atoms with Crippen LogP contribution in [0.5, 0.6) is 0 Å². The fourth-order valence-electron chi connectivity index (χ4n) is 2.48. The Balaban J connectivity index is 3.15. The molecule has 0 aromatic heterocycles. The summed E-state index contributed by atoms with van der Waals surface area (Å²) in [6.45, 7) is 2.27. The maximum absolute atomic E-state index is 10.3. The second-order valence-electron chi connectivity index (χ2n) is 6.11. The van der Waals surface area contributed by atoms with Gasteiger partial charge in [0.1, 0.15) is 0 Å². The van der Waals surface area contributed by atoms with Crippen molar-refractivity contribution in [2.75, 3.05) is 0 Å². The van der Waals surface area contributed by atoms with Gasteiger partial charge in [0.05, 0.1) is 0 Å². The Morgan fingerprint density at radius 1 is 0.727 bits per heavy atom. The molecule has 2 heteroatoms.